The van der Waals surface area contributed by atoms with Gasteiger partial charge < -0.3 is 20.5 Å². The first kappa shape index (κ1) is 24.4. The fourth-order valence-corrected chi connectivity index (χ4v) is 5.77. The summed E-state index contributed by atoms with van der Waals surface area (Å²) in [4.78, 5) is 12.7. The van der Waals surface area contributed by atoms with Crippen molar-refractivity contribution in [1.29, 1.82) is 0 Å². The van der Waals surface area contributed by atoms with Crippen molar-refractivity contribution in [2.24, 2.45) is 12.8 Å². The molecule has 0 radical (unpaired) electrons. The fraction of sp³-hybridized carbons (Fsp3) is 0.214. The monoisotopic (exact) mass is 536 g/mol. The van der Waals surface area contributed by atoms with Crippen molar-refractivity contribution >= 4 is 17.5 Å². The molecule has 0 fully saturated rings. The van der Waals surface area contributed by atoms with Gasteiger partial charge in [0.1, 0.15) is 23.9 Å². The van der Waals surface area contributed by atoms with Crippen LogP contribution in [0.4, 0.5) is 8.78 Å². The number of nitrogens with zero attached hydrogens (tertiary/aromatic N) is 2. The molecule has 4 aromatic rings. The lowest BCUT2D eigenvalue weighted by atomic mass is 9.84. The van der Waals surface area contributed by atoms with Crippen molar-refractivity contribution in [3.8, 4) is 33.8 Å². The highest BCUT2D eigenvalue weighted by molar-refractivity contribution is 6.34. The van der Waals surface area contributed by atoms with Crippen molar-refractivity contribution < 1.29 is 23.0 Å². The Bertz CT molecular complexity index is 1620. The van der Waals surface area contributed by atoms with Gasteiger partial charge in [-0.25, -0.2) is 8.78 Å². The second-order valence-electron chi connectivity index (χ2n) is 9.50. The van der Waals surface area contributed by atoms with Crippen molar-refractivity contribution in [1.82, 2.24) is 15.1 Å². The Hall–Kier alpha value is -3.95. The summed E-state index contributed by atoms with van der Waals surface area (Å²) < 4.78 is 45.4. The number of amides is 1. The average molecular weight is 537 g/mol. The van der Waals surface area contributed by atoms with E-state index >= 15 is 8.78 Å². The third-order valence-electron chi connectivity index (χ3n) is 7.10. The molecule has 0 aliphatic carbocycles. The van der Waals surface area contributed by atoms with E-state index in [0.29, 0.717) is 28.9 Å². The molecule has 2 aliphatic rings. The number of hydrogen-bond donors (Lipinski definition) is 2. The van der Waals surface area contributed by atoms with Crippen molar-refractivity contribution in [3.63, 3.8) is 0 Å². The average Bonchev–Trinajstić information content (AvgIpc) is 3.46. The molecule has 7 nitrogen and oxygen atoms in total. The molecule has 0 bridgehead atoms. The summed E-state index contributed by atoms with van der Waals surface area (Å²) >= 11 is 6.52. The standard InChI is InChI=1S/C28H23ClF2N4O3/c1-33-13-28(14-6-4-3-5-7-14)10-17-21(38-28)9-19(30)24(29)22(17)23-16(27(32)36)8-15-18-11-35(2)34-20(18)12-37-26(15)25(23)31/h3-9,11,33H,10,12-13H2,1-2H3,(H2,32,36)/t28-/m1/s1. The Balaban J connectivity index is 1.61. The van der Waals surface area contributed by atoms with Gasteiger partial charge in [-0.1, -0.05) is 41.9 Å². The molecule has 0 saturated carbocycles. The van der Waals surface area contributed by atoms with Gasteiger partial charge in [-0.2, -0.15) is 5.10 Å². The number of aryl methyl sites for hydroxylation is 1. The third kappa shape index (κ3) is 3.57. The van der Waals surface area contributed by atoms with Gasteiger partial charge in [0.25, 0.3) is 0 Å². The summed E-state index contributed by atoms with van der Waals surface area (Å²) in [5.74, 6) is -2.43. The van der Waals surface area contributed by atoms with Crippen LogP contribution in [0.2, 0.25) is 5.02 Å². The zero-order valence-electron chi connectivity index (χ0n) is 20.6. The van der Waals surface area contributed by atoms with Crippen LogP contribution in [0, 0.1) is 11.6 Å². The first-order valence-electron chi connectivity index (χ1n) is 12.0. The largest absolute Gasteiger partial charge is 0.483 e. The van der Waals surface area contributed by atoms with Gasteiger partial charge in [-0.3, -0.25) is 9.48 Å². The molecule has 38 heavy (non-hydrogen) atoms. The molecule has 1 aromatic heterocycles. The number of halogens is 3. The molecule has 6 rings (SSSR count). The zero-order valence-corrected chi connectivity index (χ0v) is 21.3. The molecule has 1 atom stereocenters. The summed E-state index contributed by atoms with van der Waals surface area (Å²) in [6.07, 6.45) is 1.96. The lowest BCUT2D eigenvalue weighted by Gasteiger charge is -2.29. The molecule has 0 unspecified atom stereocenters. The van der Waals surface area contributed by atoms with Crippen LogP contribution in [-0.4, -0.2) is 29.3 Å². The van der Waals surface area contributed by atoms with Gasteiger partial charge in [0.2, 0.25) is 5.91 Å². The molecular formula is C28H23ClF2N4O3. The maximum absolute atomic E-state index is 16.4. The van der Waals surface area contributed by atoms with Crippen LogP contribution in [0.25, 0.3) is 22.3 Å². The summed E-state index contributed by atoms with van der Waals surface area (Å²) in [5, 5.41) is 7.13. The summed E-state index contributed by atoms with van der Waals surface area (Å²) in [5.41, 5.74) is 7.37. The van der Waals surface area contributed by atoms with E-state index in [1.807, 2.05) is 30.3 Å². The predicted octanol–water partition coefficient (Wildman–Crippen LogP) is 4.73. The number of primary amides is 1. The number of benzene rings is 3. The number of likely N-dealkylation sites (N-methyl/N-ethyl adjacent to an activating group) is 1. The quantitative estimate of drug-likeness (QED) is 0.385. The lowest BCUT2D eigenvalue weighted by Crippen LogP contribution is -2.41. The summed E-state index contributed by atoms with van der Waals surface area (Å²) in [6, 6.07) is 12.1. The smallest absolute Gasteiger partial charge is 0.249 e. The lowest BCUT2D eigenvalue weighted by molar-refractivity contribution is 0.0940. The van der Waals surface area contributed by atoms with E-state index in [2.05, 4.69) is 10.4 Å². The molecular weight excluding hydrogens is 514 g/mol. The Morgan fingerprint density at radius 3 is 2.68 bits per heavy atom. The predicted molar refractivity (Wildman–Crippen MR) is 138 cm³/mol. The molecule has 0 spiro atoms. The van der Waals surface area contributed by atoms with Gasteiger partial charge in [0.15, 0.2) is 17.2 Å². The molecule has 10 heteroatoms. The highest BCUT2D eigenvalue weighted by atomic mass is 35.5. The van der Waals surface area contributed by atoms with Gasteiger partial charge in [0.05, 0.1) is 10.6 Å². The maximum Gasteiger partial charge on any atom is 0.249 e. The van der Waals surface area contributed by atoms with Crippen LogP contribution >= 0.6 is 11.6 Å². The normalized spacial score (nSPS) is 17.3. The minimum absolute atomic E-state index is 0.0188. The van der Waals surface area contributed by atoms with E-state index in [1.54, 1.807) is 25.0 Å². The van der Waals surface area contributed by atoms with Gasteiger partial charge in [-0.15, -0.1) is 0 Å². The maximum atomic E-state index is 16.4. The number of carbonyl (C=O) groups is 1. The van der Waals surface area contributed by atoms with Crippen molar-refractivity contribution in [3.05, 3.63) is 87.7 Å². The molecule has 3 heterocycles. The molecule has 2 aliphatic heterocycles. The number of carbonyl (C=O) groups excluding carboxylic acids is 1. The van der Waals surface area contributed by atoms with Gasteiger partial charge in [0, 0.05) is 60.1 Å². The SMILES string of the molecule is CNC[C@@]1(c2ccccc2)Cc2c(cc(F)c(Cl)c2-c2c(C(N)=O)cc3c(c2F)OCc2nn(C)cc2-3)O1. The number of nitrogens with two attached hydrogens (primary N) is 1. The Morgan fingerprint density at radius 2 is 1.97 bits per heavy atom. The van der Waals surface area contributed by atoms with Crippen molar-refractivity contribution in [2.45, 2.75) is 18.6 Å². The zero-order chi connectivity index (χ0) is 26.8. The Kier molecular flexibility index (Phi) is 5.66. The number of nitrogens with one attached hydrogen (secondary N) is 1. The molecule has 0 saturated heterocycles. The van der Waals surface area contributed by atoms with E-state index < -0.39 is 23.1 Å². The van der Waals surface area contributed by atoms with E-state index in [4.69, 9.17) is 26.8 Å². The fourth-order valence-electron chi connectivity index (χ4n) is 5.51. The Labute approximate surface area is 222 Å². The topological polar surface area (TPSA) is 91.4 Å². The number of ether oxygens (including phenoxy) is 2. The van der Waals surface area contributed by atoms with E-state index in [0.717, 1.165) is 5.56 Å². The van der Waals surface area contributed by atoms with Crippen LogP contribution in [0.5, 0.6) is 11.5 Å². The number of rotatable bonds is 5. The van der Waals surface area contributed by atoms with Crippen LogP contribution < -0.4 is 20.5 Å². The second kappa shape index (κ2) is 8.82. The molecule has 1 amide bonds. The minimum Gasteiger partial charge on any atom is -0.483 e. The second-order valence-corrected chi connectivity index (χ2v) is 9.88. The molecule has 3 aromatic carbocycles. The summed E-state index contributed by atoms with van der Waals surface area (Å²) in [6.45, 7) is 0.416. The minimum atomic E-state index is -0.914. The van der Waals surface area contributed by atoms with E-state index in [9.17, 15) is 4.79 Å². The summed E-state index contributed by atoms with van der Waals surface area (Å²) in [7, 11) is 3.52. The van der Waals surface area contributed by atoms with Crippen LogP contribution in [0.1, 0.15) is 27.2 Å². The number of aromatic nitrogens is 2. The highest BCUT2D eigenvalue weighted by Crippen LogP contribution is 2.52. The molecule has 3 N–H and O–H groups in total. The van der Waals surface area contributed by atoms with Gasteiger partial charge in [-0.05, 0) is 18.7 Å². The number of fused-ring (bicyclic) bond motifs is 4. The first-order chi connectivity index (χ1) is 18.2. The van der Waals surface area contributed by atoms with Crippen LogP contribution in [-0.2, 0) is 25.7 Å². The Morgan fingerprint density at radius 1 is 1.21 bits per heavy atom. The van der Waals surface area contributed by atoms with Crippen LogP contribution in [0.15, 0.2) is 48.7 Å². The number of hydrogen-bond acceptors (Lipinski definition) is 5. The highest BCUT2D eigenvalue weighted by Gasteiger charge is 2.44. The first-order valence-corrected chi connectivity index (χ1v) is 12.3. The van der Waals surface area contributed by atoms with E-state index in [-0.39, 0.29) is 46.2 Å². The van der Waals surface area contributed by atoms with E-state index in [1.165, 1.54) is 12.1 Å². The third-order valence-corrected chi connectivity index (χ3v) is 7.47. The molecule has 194 valence electrons. The van der Waals surface area contributed by atoms with Gasteiger partial charge >= 0.3 is 0 Å². The van der Waals surface area contributed by atoms with Crippen LogP contribution in [0.3, 0.4) is 0 Å². The van der Waals surface area contributed by atoms with Crippen molar-refractivity contribution in [2.75, 3.05) is 13.6 Å².